The third-order valence-electron chi connectivity index (χ3n) is 3.75. The fraction of sp³-hybridized carbons (Fsp3) is 0.385. The van der Waals surface area contributed by atoms with Crippen LogP contribution in [0.3, 0.4) is 0 Å². The fourth-order valence-corrected chi connectivity index (χ4v) is 2.48. The summed E-state index contributed by atoms with van der Waals surface area (Å²) in [6.45, 7) is 1.90. The van der Waals surface area contributed by atoms with Crippen LogP contribution in [0.4, 0.5) is 17.2 Å². The lowest BCUT2D eigenvalue weighted by atomic mass is 10.0. The molecule has 0 saturated carbocycles. The van der Waals surface area contributed by atoms with E-state index in [1.165, 1.54) is 6.33 Å². The van der Waals surface area contributed by atoms with Crippen LogP contribution in [0.1, 0.15) is 0 Å². The van der Waals surface area contributed by atoms with Crippen molar-refractivity contribution in [3.05, 3.63) is 18.5 Å². The summed E-state index contributed by atoms with van der Waals surface area (Å²) >= 11 is 0. The first kappa shape index (κ1) is 12.0. The lowest BCUT2D eigenvalue weighted by Crippen LogP contribution is -2.57. The van der Waals surface area contributed by atoms with E-state index in [1.807, 2.05) is 12.1 Å². The molecule has 0 spiro atoms. The topological polar surface area (TPSA) is 84.3 Å². The molecule has 3 rings (SSSR count). The molecule has 2 aromatic rings. The Hall–Kier alpha value is -2.08. The van der Waals surface area contributed by atoms with Crippen LogP contribution in [0.2, 0.25) is 0 Å². The average molecular weight is 258 g/mol. The molecule has 1 saturated heterocycles. The summed E-state index contributed by atoms with van der Waals surface area (Å²) in [5, 5.41) is 0.861. The van der Waals surface area contributed by atoms with Gasteiger partial charge in [0, 0.05) is 19.1 Å². The Bertz CT molecular complexity index is 618. The van der Waals surface area contributed by atoms with Crippen LogP contribution in [0.15, 0.2) is 18.5 Å². The van der Waals surface area contributed by atoms with Crippen LogP contribution in [-0.2, 0) is 0 Å². The molecule has 1 aliphatic rings. The highest BCUT2D eigenvalue weighted by atomic mass is 15.3. The highest BCUT2D eigenvalue weighted by molar-refractivity contribution is 6.04. The second kappa shape index (κ2) is 4.24. The first-order valence-electron chi connectivity index (χ1n) is 6.28. The third kappa shape index (κ3) is 1.84. The molecule has 0 atom stereocenters. The molecule has 6 heteroatoms. The predicted octanol–water partition coefficient (Wildman–Crippen LogP) is 0.544. The maximum Gasteiger partial charge on any atom is 0.136 e. The molecule has 0 bridgehead atoms. The van der Waals surface area contributed by atoms with Gasteiger partial charge in [0.05, 0.1) is 22.3 Å². The quantitative estimate of drug-likeness (QED) is 0.765. The Labute approximate surface area is 112 Å². The van der Waals surface area contributed by atoms with Crippen LogP contribution >= 0.6 is 0 Å². The van der Waals surface area contributed by atoms with Gasteiger partial charge in [0.2, 0.25) is 0 Å². The van der Waals surface area contributed by atoms with Gasteiger partial charge in [-0.2, -0.15) is 0 Å². The van der Waals surface area contributed by atoms with Crippen molar-refractivity contribution >= 4 is 28.1 Å². The number of nitrogens with two attached hydrogens (primary N) is 2. The molecule has 6 nitrogen and oxygen atoms in total. The Kier molecular flexibility index (Phi) is 2.67. The molecule has 0 unspecified atom stereocenters. The highest BCUT2D eigenvalue weighted by Gasteiger charge is 2.31. The molecule has 0 amide bonds. The Morgan fingerprint density at radius 3 is 2.63 bits per heavy atom. The maximum atomic E-state index is 6.12. The number of hydrogen-bond donors (Lipinski definition) is 2. The van der Waals surface area contributed by atoms with Crippen molar-refractivity contribution in [2.75, 3.05) is 43.6 Å². The van der Waals surface area contributed by atoms with E-state index in [0.717, 1.165) is 35.4 Å². The molecule has 1 aliphatic heterocycles. The zero-order chi connectivity index (χ0) is 13.6. The summed E-state index contributed by atoms with van der Waals surface area (Å²) in [7, 11) is 4.18. The molecule has 100 valence electrons. The van der Waals surface area contributed by atoms with Gasteiger partial charge in [0.15, 0.2) is 0 Å². The summed E-state index contributed by atoms with van der Waals surface area (Å²) in [5.74, 6) is 0.487. The highest BCUT2D eigenvalue weighted by Crippen LogP contribution is 2.37. The molecule has 2 heterocycles. The molecule has 0 aliphatic carbocycles. The lowest BCUT2D eigenvalue weighted by Gasteiger charge is -2.45. The predicted molar refractivity (Wildman–Crippen MR) is 78.1 cm³/mol. The number of aromatic nitrogens is 2. The van der Waals surface area contributed by atoms with Crippen molar-refractivity contribution in [3.63, 3.8) is 0 Å². The average Bonchev–Trinajstić information content (AvgIpc) is 2.30. The van der Waals surface area contributed by atoms with Crippen LogP contribution in [0.25, 0.3) is 10.9 Å². The van der Waals surface area contributed by atoms with Crippen LogP contribution in [0, 0.1) is 0 Å². The number of rotatable bonds is 2. The minimum absolute atomic E-state index is 0.487. The summed E-state index contributed by atoms with van der Waals surface area (Å²) < 4.78 is 0. The van der Waals surface area contributed by atoms with Crippen molar-refractivity contribution < 1.29 is 0 Å². The molecule has 0 radical (unpaired) electrons. The maximum absolute atomic E-state index is 6.12. The second-order valence-electron chi connectivity index (χ2n) is 5.18. The molecule has 1 aromatic heterocycles. The largest absolute Gasteiger partial charge is 0.397 e. The first-order chi connectivity index (χ1) is 9.08. The van der Waals surface area contributed by atoms with Gasteiger partial charge in [-0.05, 0) is 26.2 Å². The van der Waals surface area contributed by atoms with E-state index in [2.05, 4.69) is 33.9 Å². The van der Waals surface area contributed by atoms with Crippen molar-refractivity contribution in [2.45, 2.75) is 6.04 Å². The normalized spacial score (nSPS) is 16.1. The molecule has 1 aromatic carbocycles. The monoisotopic (exact) mass is 258 g/mol. The van der Waals surface area contributed by atoms with Crippen LogP contribution < -0.4 is 16.4 Å². The number of anilines is 3. The van der Waals surface area contributed by atoms with Crippen molar-refractivity contribution in [3.8, 4) is 0 Å². The lowest BCUT2D eigenvalue weighted by molar-refractivity contribution is 0.247. The zero-order valence-corrected chi connectivity index (χ0v) is 11.2. The Balaban J connectivity index is 2.06. The van der Waals surface area contributed by atoms with Crippen molar-refractivity contribution in [1.29, 1.82) is 0 Å². The Morgan fingerprint density at radius 2 is 1.95 bits per heavy atom. The van der Waals surface area contributed by atoms with E-state index in [9.17, 15) is 0 Å². The summed E-state index contributed by atoms with van der Waals surface area (Å²) in [4.78, 5) is 12.8. The number of benzene rings is 1. The van der Waals surface area contributed by atoms with Gasteiger partial charge >= 0.3 is 0 Å². The van der Waals surface area contributed by atoms with Gasteiger partial charge in [0.1, 0.15) is 12.1 Å². The standard InChI is InChI=1S/C13H18N6/c1-18(2)8-5-19(6-8)12-9(14)3-4-10-11(12)13(15)17-7-16-10/h3-4,7-8H,5-6,14H2,1-2H3,(H2,15,16,17). The van der Waals surface area contributed by atoms with E-state index < -0.39 is 0 Å². The summed E-state index contributed by atoms with van der Waals surface area (Å²) in [6, 6.07) is 4.32. The van der Waals surface area contributed by atoms with Crippen LogP contribution in [-0.4, -0.2) is 48.1 Å². The van der Waals surface area contributed by atoms with E-state index in [4.69, 9.17) is 11.5 Å². The number of likely N-dealkylation sites (N-methyl/N-ethyl adjacent to an activating group) is 1. The van der Waals surface area contributed by atoms with Crippen molar-refractivity contribution in [1.82, 2.24) is 14.9 Å². The van der Waals surface area contributed by atoms with Gasteiger partial charge in [-0.3, -0.25) is 0 Å². The van der Waals surface area contributed by atoms with E-state index in [1.54, 1.807) is 0 Å². The van der Waals surface area contributed by atoms with E-state index in [0.29, 0.717) is 11.9 Å². The fourth-order valence-electron chi connectivity index (χ4n) is 2.48. The van der Waals surface area contributed by atoms with Crippen molar-refractivity contribution in [2.24, 2.45) is 0 Å². The number of nitrogen functional groups attached to an aromatic ring is 2. The smallest absolute Gasteiger partial charge is 0.136 e. The number of nitrogens with zero attached hydrogens (tertiary/aromatic N) is 4. The minimum Gasteiger partial charge on any atom is -0.397 e. The number of fused-ring (bicyclic) bond motifs is 1. The molecular weight excluding hydrogens is 240 g/mol. The van der Waals surface area contributed by atoms with Gasteiger partial charge < -0.3 is 21.3 Å². The first-order valence-corrected chi connectivity index (χ1v) is 6.28. The van der Waals surface area contributed by atoms with Crippen LogP contribution in [0.5, 0.6) is 0 Å². The molecule has 1 fully saturated rings. The summed E-state index contributed by atoms with van der Waals surface area (Å²) in [6.07, 6.45) is 1.48. The van der Waals surface area contributed by atoms with Gasteiger partial charge in [-0.25, -0.2) is 9.97 Å². The van der Waals surface area contributed by atoms with Gasteiger partial charge in [-0.1, -0.05) is 0 Å². The van der Waals surface area contributed by atoms with Gasteiger partial charge in [-0.15, -0.1) is 0 Å². The van der Waals surface area contributed by atoms with Gasteiger partial charge in [0.25, 0.3) is 0 Å². The zero-order valence-electron chi connectivity index (χ0n) is 11.2. The second-order valence-corrected chi connectivity index (χ2v) is 5.18. The molecule has 4 N–H and O–H groups in total. The molecule has 19 heavy (non-hydrogen) atoms. The van der Waals surface area contributed by atoms with E-state index in [-0.39, 0.29) is 0 Å². The summed E-state index contributed by atoms with van der Waals surface area (Å²) in [5.41, 5.74) is 14.6. The SMILES string of the molecule is CN(C)C1CN(c2c(N)ccc3ncnc(N)c23)C1. The number of hydrogen-bond acceptors (Lipinski definition) is 6. The molecular formula is C13H18N6. The Morgan fingerprint density at radius 1 is 1.21 bits per heavy atom. The third-order valence-corrected chi connectivity index (χ3v) is 3.75. The van der Waals surface area contributed by atoms with E-state index >= 15 is 0 Å². The minimum atomic E-state index is 0.487.